The summed E-state index contributed by atoms with van der Waals surface area (Å²) in [6.07, 6.45) is 8.16. The minimum atomic E-state index is 0.197. The van der Waals surface area contributed by atoms with Crippen molar-refractivity contribution in [2.75, 3.05) is 5.32 Å². The summed E-state index contributed by atoms with van der Waals surface area (Å²) in [7, 11) is 0. The van der Waals surface area contributed by atoms with Crippen LogP contribution in [0.2, 0.25) is 0 Å². The van der Waals surface area contributed by atoms with Crippen LogP contribution in [0.4, 0.5) is 5.95 Å². The highest BCUT2D eigenvalue weighted by Crippen LogP contribution is 2.34. The summed E-state index contributed by atoms with van der Waals surface area (Å²) in [6.45, 7) is 7.26. The van der Waals surface area contributed by atoms with Crippen LogP contribution in [0.3, 0.4) is 0 Å². The van der Waals surface area contributed by atoms with Crippen LogP contribution in [0.5, 0.6) is 0 Å². The first-order valence-electron chi connectivity index (χ1n) is 9.24. The van der Waals surface area contributed by atoms with Crippen LogP contribution in [0.15, 0.2) is 18.5 Å². The van der Waals surface area contributed by atoms with E-state index in [1.807, 2.05) is 34.5 Å². The van der Waals surface area contributed by atoms with E-state index in [1.165, 1.54) is 17.0 Å². The van der Waals surface area contributed by atoms with Gasteiger partial charge in [0.25, 0.3) is 0 Å². The second-order valence-electron chi connectivity index (χ2n) is 6.76. The van der Waals surface area contributed by atoms with Gasteiger partial charge < -0.3 is 5.32 Å². The maximum atomic E-state index is 4.75. The van der Waals surface area contributed by atoms with Crippen molar-refractivity contribution in [3.05, 3.63) is 39.7 Å². The lowest BCUT2D eigenvalue weighted by atomic mass is 9.98. The van der Waals surface area contributed by atoms with Crippen LogP contribution >= 0.6 is 11.3 Å². The minimum Gasteiger partial charge on any atom is -0.346 e. The first kappa shape index (κ1) is 17.1. The Morgan fingerprint density at radius 1 is 1.31 bits per heavy atom. The van der Waals surface area contributed by atoms with Crippen LogP contribution in [-0.4, -0.2) is 24.7 Å². The Hall–Kier alpha value is -2.28. The molecule has 1 N–H and O–H groups in total. The molecule has 0 saturated heterocycles. The molecular weight excluding hydrogens is 344 g/mol. The average Bonchev–Trinajstić information content (AvgIpc) is 3.19. The van der Waals surface area contributed by atoms with Gasteiger partial charge in [-0.25, -0.2) is 15.0 Å². The molecule has 3 heterocycles. The van der Waals surface area contributed by atoms with Gasteiger partial charge in [-0.1, -0.05) is 6.92 Å². The summed E-state index contributed by atoms with van der Waals surface area (Å²) in [4.78, 5) is 15.3. The Kier molecular flexibility index (Phi) is 4.72. The molecule has 0 aliphatic heterocycles. The third-order valence-electron chi connectivity index (χ3n) is 4.83. The molecule has 4 rings (SSSR count). The predicted molar refractivity (Wildman–Crippen MR) is 104 cm³/mol. The lowest BCUT2D eigenvalue weighted by Gasteiger charge is -2.22. The van der Waals surface area contributed by atoms with E-state index in [0.29, 0.717) is 5.95 Å². The fourth-order valence-electron chi connectivity index (χ4n) is 3.55. The van der Waals surface area contributed by atoms with Gasteiger partial charge in [-0.3, -0.25) is 4.68 Å². The van der Waals surface area contributed by atoms with Crippen LogP contribution in [0, 0.1) is 13.8 Å². The fraction of sp³-hybridized carbons (Fsp3) is 0.474. The zero-order valence-electron chi connectivity index (χ0n) is 15.5. The van der Waals surface area contributed by atoms with E-state index in [4.69, 9.17) is 9.97 Å². The van der Waals surface area contributed by atoms with Crippen molar-refractivity contribution in [1.29, 1.82) is 0 Å². The number of aryl methyl sites for hydroxylation is 3. The van der Waals surface area contributed by atoms with Crippen molar-refractivity contribution in [2.45, 2.75) is 59.0 Å². The largest absolute Gasteiger partial charge is 0.346 e. The van der Waals surface area contributed by atoms with Crippen LogP contribution in [0.25, 0.3) is 11.3 Å². The lowest BCUT2D eigenvalue weighted by Crippen LogP contribution is -2.18. The van der Waals surface area contributed by atoms with Crippen LogP contribution < -0.4 is 5.32 Å². The number of aromatic nitrogens is 5. The van der Waals surface area contributed by atoms with Gasteiger partial charge in [0, 0.05) is 28.9 Å². The van der Waals surface area contributed by atoms with Gasteiger partial charge in [-0.2, -0.15) is 5.10 Å². The Morgan fingerprint density at radius 3 is 3.04 bits per heavy atom. The normalized spacial score (nSPS) is 16.5. The molecular formula is C19H24N6S. The molecule has 0 fully saturated rings. The summed E-state index contributed by atoms with van der Waals surface area (Å²) in [5, 5.41) is 9.13. The summed E-state index contributed by atoms with van der Waals surface area (Å²) < 4.78 is 2.04. The molecule has 136 valence electrons. The third-order valence-corrected chi connectivity index (χ3v) is 5.88. The first-order chi connectivity index (χ1) is 12.7. The van der Waals surface area contributed by atoms with E-state index < -0.39 is 0 Å². The van der Waals surface area contributed by atoms with E-state index in [2.05, 4.69) is 36.2 Å². The maximum absolute atomic E-state index is 4.75. The van der Waals surface area contributed by atoms with E-state index in [1.54, 1.807) is 0 Å². The second kappa shape index (κ2) is 7.15. The third kappa shape index (κ3) is 3.23. The molecule has 0 bridgehead atoms. The van der Waals surface area contributed by atoms with Crippen LogP contribution in [0.1, 0.15) is 53.5 Å². The topological polar surface area (TPSA) is 68.5 Å². The van der Waals surface area contributed by atoms with E-state index >= 15 is 0 Å². The highest BCUT2D eigenvalue weighted by atomic mass is 32.1. The lowest BCUT2D eigenvalue weighted by molar-refractivity contribution is 0.587. The predicted octanol–water partition coefficient (Wildman–Crippen LogP) is 4.31. The van der Waals surface area contributed by atoms with Gasteiger partial charge in [0.05, 0.1) is 28.6 Å². The monoisotopic (exact) mass is 368 g/mol. The summed E-state index contributed by atoms with van der Waals surface area (Å²) in [5.74, 6) is 0.661. The number of thiazole rings is 1. The number of rotatable bonds is 5. The Labute approximate surface area is 157 Å². The van der Waals surface area contributed by atoms with Gasteiger partial charge in [-0.05, 0) is 45.6 Å². The number of fused-ring (bicyclic) bond motifs is 1. The molecule has 26 heavy (non-hydrogen) atoms. The number of nitrogens with one attached hydrogen (secondary N) is 1. The van der Waals surface area contributed by atoms with Gasteiger partial charge in [0.1, 0.15) is 0 Å². The second-order valence-corrected chi connectivity index (χ2v) is 8.05. The molecule has 7 heteroatoms. The molecule has 1 atom stereocenters. The SMILES string of the molecule is CCCn1ncc(-c2ccnc(N[C@@H]3CCCc4sc(C)nc43)n2)c1C. The quantitative estimate of drug-likeness (QED) is 0.727. The maximum Gasteiger partial charge on any atom is 0.223 e. The zero-order valence-corrected chi connectivity index (χ0v) is 16.3. The van der Waals surface area contributed by atoms with Crippen molar-refractivity contribution in [3.8, 4) is 11.3 Å². The average molecular weight is 369 g/mol. The standard InChI is InChI=1S/C19H24N6S/c1-4-10-25-12(2)14(11-21-25)15-8-9-20-19(23-15)24-16-6-5-7-17-18(16)22-13(3)26-17/h8-9,11,16H,4-7,10H2,1-3H3,(H,20,23,24)/t16-/m1/s1. The molecule has 0 saturated carbocycles. The highest BCUT2D eigenvalue weighted by molar-refractivity contribution is 7.11. The fourth-order valence-corrected chi connectivity index (χ4v) is 4.59. The van der Waals surface area contributed by atoms with Crippen LogP contribution in [-0.2, 0) is 13.0 Å². The first-order valence-corrected chi connectivity index (χ1v) is 10.1. The van der Waals surface area contributed by atoms with E-state index in [9.17, 15) is 0 Å². The molecule has 0 unspecified atom stereocenters. The molecule has 0 aromatic carbocycles. The summed E-state index contributed by atoms with van der Waals surface area (Å²) >= 11 is 1.81. The van der Waals surface area contributed by atoms with Crippen molar-refractivity contribution >= 4 is 17.3 Å². The molecule has 3 aromatic heterocycles. The van der Waals surface area contributed by atoms with Gasteiger partial charge in [-0.15, -0.1) is 11.3 Å². The van der Waals surface area contributed by atoms with E-state index in [0.717, 1.165) is 47.8 Å². The van der Waals surface area contributed by atoms with E-state index in [-0.39, 0.29) is 6.04 Å². The molecule has 0 radical (unpaired) electrons. The summed E-state index contributed by atoms with van der Waals surface area (Å²) in [5.41, 5.74) is 4.30. The number of hydrogen-bond acceptors (Lipinski definition) is 6. The smallest absolute Gasteiger partial charge is 0.223 e. The van der Waals surface area contributed by atoms with Gasteiger partial charge >= 0.3 is 0 Å². The Morgan fingerprint density at radius 2 is 2.19 bits per heavy atom. The molecule has 3 aromatic rings. The molecule has 1 aliphatic carbocycles. The summed E-state index contributed by atoms with van der Waals surface area (Å²) in [6, 6.07) is 2.15. The molecule has 0 spiro atoms. The van der Waals surface area contributed by atoms with Gasteiger partial charge in [0.2, 0.25) is 5.95 Å². The van der Waals surface area contributed by atoms with Crippen molar-refractivity contribution in [3.63, 3.8) is 0 Å². The van der Waals surface area contributed by atoms with Crippen molar-refractivity contribution < 1.29 is 0 Å². The number of anilines is 1. The number of nitrogens with zero attached hydrogens (tertiary/aromatic N) is 5. The zero-order chi connectivity index (χ0) is 18.1. The number of hydrogen-bond donors (Lipinski definition) is 1. The van der Waals surface area contributed by atoms with Crippen molar-refractivity contribution in [2.24, 2.45) is 0 Å². The Balaban J connectivity index is 1.59. The molecule has 6 nitrogen and oxygen atoms in total. The Bertz CT molecular complexity index is 913. The highest BCUT2D eigenvalue weighted by Gasteiger charge is 2.24. The molecule has 1 aliphatic rings. The van der Waals surface area contributed by atoms with Gasteiger partial charge in [0.15, 0.2) is 0 Å². The minimum absolute atomic E-state index is 0.197. The molecule has 0 amide bonds. The van der Waals surface area contributed by atoms with Crippen molar-refractivity contribution in [1.82, 2.24) is 24.7 Å².